The highest BCUT2D eigenvalue weighted by Gasteiger charge is 2.30. The predicted octanol–water partition coefficient (Wildman–Crippen LogP) is 2.64. The van der Waals surface area contributed by atoms with Gasteiger partial charge in [0.05, 0.1) is 22.0 Å². The molecule has 0 spiro atoms. The van der Waals surface area contributed by atoms with Crippen LogP contribution in [0.3, 0.4) is 0 Å². The van der Waals surface area contributed by atoms with Gasteiger partial charge in [0, 0.05) is 6.54 Å². The van der Waals surface area contributed by atoms with Gasteiger partial charge in [0.2, 0.25) is 0 Å². The van der Waals surface area contributed by atoms with Gasteiger partial charge in [-0.3, -0.25) is 0 Å². The number of hydrogen-bond donors (Lipinski definition) is 3. The topological polar surface area (TPSA) is 58.3 Å². The monoisotopic (exact) mass is 240 g/mol. The molecular weight excluding hydrogens is 224 g/mol. The second kappa shape index (κ2) is 4.52. The normalized spacial score (nSPS) is 18.6. The van der Waals surface area contributed by atoms with E-state index in [-0.39, 0.29) is 0 Å². The van der Waals surface area contributed by atoms with Gasteiger partial charge in [0.25, 0.3) is 0 Å². The Hall–Kier alpha value is -0.930. The molecule has 0 atom stereocenters. The number of para-hydroxylation sites is 1. The maximum Gasteiger partial charge on any atom is 0.0819 e. The number of hydrogen-bond acceptors (Lipinski definition) is 3. The molecule has 88 valence electrons. The summed E-state index contributed by atoms with van der Waals surface area (Å²) in [5.74, 6) is 0. The molecule has 2 rings (SSSR count). The predicted molar refractivity (Wildman–Crippen MR) is 67.8 cm³/mol. The van der Waals surface area contributed by atoms with Crippen LogP contribution in [-0.4, -0.2) is 17.3 Å². The Morgan fingerprint density at radius 2 is 2.06 bits per heavy atom. The molecule has 1 aromatic carbocycles. The van der Waals surface area contributed by atoms with Crippen LogP contribution in [0.15, 0.2) is 18.2 Å². The zero-order valence-electron chi connectivity index (χ0n) is 9.17. The molecule has 0 aliphatic heterocycles. The zero-order chi connectivity index (χ0) is 11.6. The Labute approximate surface area is 101 Å². The molecule has 0 bridgehead atoms. The van der Waals surface area contributed by atoms with Crippen LogP contribution in [0.4, 0.5) is 11.4 Å². The molecule has 4 heteroatoms. The molecule has 1 fully saturated rings. The summed E-state index contributed by atoms with van der Waals surface area (Å²) in [4.78, 5) is 0. The van der Waals surface area contributed by atoms with Crippen LogP contribution in [0.2, 0.25) is 5.02 Å². The fraction of sp³-hybridized carbons (Fsp3) is 0.500. The van der Waals surface area contributed by atoms with E-state index < -0.39 is 5.60 Å². The standard InChI is InChI=1S/C12H17ClN2O/c13-9-4-3-5-10(11(9)14)15-8-12(16)6-1-2-7-12/h3-5,15-16H,1-2,6-8,14H2. The number of halogens is 1. The smallest absolute Gasteiger partial charge is 0.0819 e. The Bertz CT molecular complexity index is 375. The van der Waals surface area contributed by atoms with Gasteiger partial charge in [-0.25, -0.2) is 0 Å². The Morgan fingerprint density at radius 3 is 2.75 bits per heavy atom. The average Bonchev–Trinajstić information content (AvgIpc) is 2.68. The maximum absolute atomic E-state index is 10.2. The molecule has 0 unspecified atom stereocenters. The van der Waals surface area contributed by atoms with E-state index in [0.29, 0.717) is 17.3 Å². The van der Waals surface area contributed by atoms with E-state index in [1.807, 2.05) is 12.1 Å². The first-order valence-corrected chi connectivity index (χ1v) is 5.99. The summed E-state index contributed by atoms with van der Waals surface area (Å²) < 4.78 is 0. The van der Waals surface area contributed by atoms with Crippen molar-refractivity contribution in [3.8, 4) is 0 Å². The quantitative estimate of drug-likeness (QED) is 0.712. The minimum atomic E-state index is -0.575. The van der Waals surface area contributed by atoms with Crippen molar-refractivity contribution >= 4 is 23.0 Å². The lowest BCUT2D eigenvalue weighted by molar-refractivity contribution is 0.0615. The Balaban J connectivity index is 2.02. The maximum atomic E-state index is 10.2. The number of benzene rings is 1. The molecule has 1 aliphatic carbocycles. The minimum Gasteiger partial charge on any atom is -0.396 e. The van der Waals surface area contributed by atoms with Gasteiger partial charge in [-0.1, -0.05) is 30.5 Å². The fourth-order valence-electron chi connectivity index (χ4n) is 2.16. The third kappa shape index (κ3) is 2.42. The highest BCUT2D eigenvalue weighted by Crippen LogP contribution is 2.31. The van der Waals surface area contributed by atoms with Crippen LogP contribution in [-0.2, 0) is 0 Å². The summed E-state index contributed by atoms with van der Waals surface area (Å²) in [5, 5.41) is 13.9. The highest BCUT2D eigenvalue weighted by atomic mass is 35.5. The summed E-state index contributed by atoms with van der Waals surface area (Å²) >= 11 is 5.92. The van der Waals surface area contributed by atoms with Crippen molar-refractivity contribution in [3.05, 3.63) is 23.2 Å². The molecule has 0 aromatic heterocycles. The molecule has 0 amide bonds. The lowest BCUT2D eigenvalue weighted by Gasteiger charge is -2.23. The van der Waals surface area contributed by atoms with Crippen LogP contribution < -0.4 is 11.1 Å². The SMILES string of the molecule is Nc1c(Cl)cccc1NCC1(O)CCCC1. The summed E-state index contributed by atoms with van der Waals surface area (Å²) in [6.07, 6.45) is 3.92. The molecule has 1 aromatic rings. The van der Waals surface area contributed by atoms with Crippen molar-refractivity contribution in [2.75, 3.05) is 17.6 Å². The molecule has 16 heavy (non-hydrogen) atoms. The molecule has 1 saturated carbocycles. The summed E-state index contributed by atoms with van der Waals surface area (Å²) in [6, 6.07) is 5.48. The van der Waals surface area contributed by atoms with Crippen LogP contribution in [0, 0.1) is 0 Å². The molecule has 4 N–H and O–H groups in total. The molecule has 0 heterocycles. The largest absolute Gasteiger partial charge is 0.396 e. The second-order valence-corrected chi connectivity index (χ2v) is 4.89. The lowest BCUT2D eigenvalue weighted by Crippen LogP contribution is -2.33. The van der Waals surface area contributed by atoms with Crippen molar-refractivity contribution in [1.82, 2.24) is 0 Å². The number of nitrogens with two attached hydrogens (primary N) is 1. The first kappa shape index (κ1) is 11.6. The van der Waals surface area contributed by atoms with Crippen molar-refractivity contribution in [3.63, 3.8) is 0 Å². The van der Waals surface area contributed by atoms with Crippen LogP contribution >= 0.6 is 11.6 Å². The van der Waals surface area contributed by atoms with Gasteiger partial charge >= 0.3 is 0 Å². The van der Waals surface area contributed by atoms with Crippen molar-refractivity contribution in [2.45, 2.75) is 31.3 Å². The van der Waals surface area contributed by atoms with E-state index in [0.717, 1.165) is 31.4 Å². The van der Waals surface area contributed by atoms with Gasteiger partial charge in [0.15, 0.2) is 0 Å². The summed E-state index contributed by atoms with van der Waals surface area (Å²) in [5.41, 5.74) is 6.61. The van der Waals surface area contributed by atoms with Gasteiger partial charge in [-0.15, -0.1) is 0 Å². The first-order chi connectivity index (χ1) is 7.61. The number of nitrogen functional groups attached to an aromatic ring is 1. The van der Waals surface area contributed by atoms with Crippen LogP contribution in [0.1, 0.15) is 25.7 Å². The van der Waals surface area contributed by atoms with Gasteiger partial charge < -0.3 is 16.2 Å². The summed E-state index contributed by atoms with van der Waals surface area (Å²) in [6.45, 7) is 0.539. The van der Waals surface area contributed by atoms with E-state index in [1.54, 1.807) is 6.07 Å². The van der Waals surface area contributed by atoms with E-state index in [1.165, 1.54) is 0 Å². The average molecular weight is 241 g/mol. The van der Waals surface area contributed by atoms with Crippen molar-refractivity contribution < 1.29 is 5.11 Å². The number of rotatable bonds is 3. The second-order valence-electron chi connectivity index (χ2n) is 4.49. The lowest BCUT2D eigenvalue weighted by atomic mass is 10.0. The van der Waals surface area contributed by atoms with Crippen molar-refractivity contribution in [2.24, 2.45) is 0 Å². The Kier molecular flexibility index (Phi) is 3.26. The first-order valence-electron chi connectivity index (χ1n) is 5.61. The molecule has 0 saturated heterocycles. The van der Waals surface area contributed by atoms with Gasteiger partial charge in [-0.05, 0) is 25.0 Å². The molecule has 3 nitrogen and oxygen atoms in total. The zero-order valence-corrected chi connectivity index (χ0v) is 9.93. The van der Waals surface area contributed by atoms with Crippen molar-refractivity contribution in [1.29, 1.82) is 0 Å². The van der Waals surface area contributed by atoms with E-state index in [9.17, 15) is 5.11 Å². The van der Waals surface area contributed by atoms with E-state index >= 15 is 0 Å². The molecule has 1 aliphatic rings. The van der Waals surface area contributed by atoms with E-state index in [4.69, 9.17) is 17.3 Å². The minimum absolute atomic E-state index is 0.539. The van der Waals surface area contributed by atoms with E-state index in [2.05, 4.69) is 5.32 Å². The van der Waals surface area contributed by atoms with Gasteiger partial charge in [0.1, 0.15) is 0 Å². The van der Waals surface area contributed by atoms with Gasteiger partial charge in [-0.2, -0.15) is 0 Å². The number of nitrogens with one attached hydrogen (secondary N) is 1. The third-order valence-corrected chi connectivity index (χ3v) is 3.52. The van der Waals surface area contributed by atoms with Crippen LogP contribution in [0.5, 0.6) is 0 Å². The summed E-state index contributed by atoms with van der Waals surface area (Å²) in [7, 11) is 0. The Morgan fingerprint density at radius 1 is 1.38 bits per heavy atom. The van der Waals surface area contributed by atoms with Crippen LogP contribution in [0.25, 0.3) is 0 Å². The number of anilines is 2. The number of aliphatic hydroxyl groups is 1. The molecular formula is C12H17ClN2O. The third-order valence-electron chi connectivity index (χ3n) is 3.20. The highest BCUT2D eigenvalue weighted by molar-refractivity contribution is 6.33. The molecule has 0 radical (unpaired) electrons. The fourth-order valence-corrected chi connectivity index (χ4v) is 2.34.